The Morgan fingerprint density at radius 2 is 1.03 bits per heavy atom. The third-order valence-corrected chi connectivity index (χ3v) is 7.00. The molecule has 0 aromatic heterocycles. The van der Waals surface area contributed by atoms with E-state index in [4.69, 9.17) is 25.3 Å². The van der Waals surface area contributed by atoms with E-state index in [1.165, 1.54) is 17.7 Å². The van der Waals surface area contributed by atoms with Crippen LogP contribution >= 0.6 is 11.6 Å². The maximum absolute atomic E-state index is 8.76. The molecule has 3 aromatic rings. The first-order valence-electron chi connectivity index (χ1n) is 17.0. The first kappa shape index (κ1) is 13.4. The fourth-order valence-corrected chi connectivity index (χ4v) is 5.58. The lowest BCUT2D eigenvalue weighted by atomic mass is 9.88. The average molecular weight is 469 g/mol. The number of hydrogen-bond donors (Lipinski definition) is 0. The number of benzene rings is 3. The fourth-order valence-electron chi connectivity index (χ4n) is 5.36. The quantitative estimate of drug-likeness (QED) is 0.355. The van der Waals surface area contributed by atoms with Gasteiger partial charge >= 0.3 is 0 Å². The van der Waals surface area contributed by atoms with Gasteiger partial charge in [0.25, 0.3) is 0 Å². The highest BCUT2D eigenvalue weighted by molar-refractivity contribution is 6.31. The molecule has 0 radical (unpaired) electrons. The molecule has 2 aliphatic carbocycles. The standard InChI is InChI=1S/C30H35ClN2/c31-24-21-29(32(25-13-5-1-6-14-25)26-15-7-2-8-16-26)23-30(22-24)33(27-17-9-3-10-18-27)28-19-11-4-12-20-28/h1-2,5-8,13-16,21-23,27-28H,3-4,9-12,17-20H2/i1D,2D,5D,6D,7D,8D,13D,14D,15D,16D. The Kier molecular flexibility index (Phi) is 4.34. The summed E-state index contributed by atoms with van der Waals surface area (Å²) in [6.07, 6.45) is 11.0. The lowest BCUT2D eigenvalue weighted by Gasteiger charge is -2.44. The molecule has 0 amide bonds. The average Bonchev–Trinajstić information content (AvgIpc) is 3.01. The zero-order chi connectivity index (χ0) is 31.2. The zero-order valence-electron chi connectivity index (χ0n) is 28.7. The van der Waals surface area contributed by atoms with E-state index in [1.807, 2.05) is 12.1 Å². The Labute approximate surface area is 218 Å². The van der Waals surface area contributed by atoms with Crippen LogP contribution in [-0.2, 0) is 0 Å². The van der Waals surface area contributed by atoms with Crippen molar-refractivity contribution in [2.24, 2.45) is 0 Å². The Morgan fingerprint density at radius 1 is 0.576 bits per heavy atom. The third kappa shape index (κ3) is 5.22. The molecular weight excluding hydrogens is 424 g/mol. The van der Waals surface area contributed by atoms with Crippen molar-refractivity contribution >= 4 is 34.4 Å². The number of anilines is 4. The van der Waals surface area contributed by atoms with Gasteiger partial charge in [-0.15, -0.1) is 0 Å². The van der Waals surface area contributed by atoms with E-state index >= 15 is 0 Å². The van der Waals surface area contributed by atoms with Crippen molar-refractivity contribution in [2.75, 3.05) is 9.80 Å². The molecule has 33 heavy (non-hydrogen) atoms. The van der Waals surface area contributed by atoms with Crippen molar-refractivity contribution in [3.05, 3.63) is 83.6 Å². The van der Waals surface area contributed by atoms with Crippen LogP contribution in [0.2, 0.25) is 5.02 Å². The van der Waals surface area contributed by atoms with Gasteiger partial charge in [0.05, 0.1) is 13.7 Å². The van der Waals surface area contributed by atoms with Crippen molar-refractivity contribution in [2.45, 2.75) is 76.3 Å². The van der Waals surface area contributed by atoms with Crippen molar-refractivity contribution in [3.63, 3.8) is 0 Å². The highest BCUT2D eigenvalue weighted by Crippen LogP contribution is 2.41. The molecule has 0 unspecified atom stereocenters. The van der Waals surface area contributed by atoms with Gasteiger partial charge in [0.15, 0.2) is 0 Å². The van der Waals surface area contributed by atoms with Gasteiger partial charge in [0.1, 0.15) is 0 Å². The summed E-state index contributed by atoms with van der Waals surface area (Å²) in [6, 6.07) is 0.0137. The van der Waals surface area contributed by atoms with Gasteiger partial charge < -0.3 is 9.80 Å². The second-order valence-corrected chi connectivity index (χ2v) is 9.38. The van der Waals surface area contributed by atoms with Crippen LogP contribution in [0.15, 0.2) is 78.6 Å². The first-order chi connectivity index (χ1) is 20.4. The van der Waals surface area contributed by atoms with Crippen LogP contribution in [0.3, 0.4) is 0 Å². The minimum Gasteiger partial charge on any atom is -0.365 e. The summed E-state index contributed by atoms with van der Waals surface area (Å²) < 4.78 is 84.6. The molecule has 3 heteroatoms. The molecule has 5 rings (SSSR count). The predicted octanol–water partition coefficient (Wildman–Crippen LogP) is 9.28. The van der Waals surface area contributed by atoms with Crippen LogP contribution < -0.4 is 9.80 Å². The molecule has 0 heterocycles. The summed E-state index contributed by atoms with van der Waals surface area (Å²) in [5.74, 6) is 0. The topological polar surface area (TPSA) is 6.48 Å². The molecule has 0 aliphatic heterocycles. The molecular formula is C30H35ClN2. The van der Waals surface area contributed by atoms with Gasteiger partial charge in [-0.2, -0.15) is 0 Å². The number of para-hydroxylation sites is 2. The Bertz CT molecular complexity index is 1390. The van der Waals surface area contributed by atoms with Gasteiger partial charge in [-0.3, -0.25) is 0 Å². The molecule has 0 bridgehead atoms. The van der Waals surface area contributed by atoms with Gasteiger partial charge in [0.2, 0.25) is 0 Å². The SMILES string of the molecule is [2H]c1c([2H])c([2H])c(N(c2cc(Cl)cc(N(C3CCCCC3)C3CCCCC3)c2)c2c([2H])c([2H])c([2H])c([2H])c2[2H])c([2H])c1[2H]. The minimum absolute atomic E-state index is 0.246. The van der Waals surface area contributed by atoms with E-state index in [0.717, 1.165) is 57.1 Å². The smallest absolute Gasteiger partial charge is 0.0645 e. The van der Waals surface area contributed by atoms with E-state index in [0.29, 0.717) is 5.02 Å². The fraction of sp³-hybridized carbons (Fsp3) is 0.400. The maximum atomic E-state index is 8.76. The number of rotatable bonds is 6. The predicted molar refractivity (Wildman–Crippen MR) is 142 cm³/mol. The minimum atomic E-state index is -0.596. The monoisotopic (exact) mass is 468 g/mol. The van der Waals surface area contributed by atoms with Crippen molar-refractivity contribution in [1.29, 1.82) is 0 Å². The lowest BCUT2D eigenvalue weighted by Crippen LogP contribution is -2.45. The lowest BCUT2D eigenvalue weighted by molar-refractivity contribution is 0.340. The van der Waals surface area contributed by atoms with Gasteiger partial charge in [-0.1, -0.05) is 86.4 Å². The van der Waals surface area contributed by atoms with E-state index in [9.17, 15) is 0 Å². The van der Waals surface area contributed by atoms with E-state index in [-0.39, 0.29) is 29.1 Å². The second kappa shape index (κ2) is 10.7. The molecule has 3 aromatic carbocycles. The normalized spacial score (nSPS) is 21.8. The van der Waals surface area contributed by atoms with Crippen LogP contribution in [-0.4, -0.2) is 12.1 Å². The number of halogens is 1. The van der Waals surface area contributed by atoms with Crippen LogP contribution in [0.1, 0.15) is 77.9 Å². The Morgan fingerprint density at radius 3 is 1.52 bits per heavy atom. The molecule has 172 valence electrons. The molecule has 0 N–H and O–H groups in total. The summed E-state index contributed by atoms with van der Waals surface area (Å²) in [7, 11) is 0. The van der Waals surface area contributed by atoms with Crippen LogP contribution in [0.5, 0.6) is 0 Å². The van der Waals surface area contributed by atoms with Crippen molar-refractivity contribution in [3.8, 4) is 0 Å². The Balaban J connectivity index is 1.80. The summed E-state index contributed by atoms with van der Waals surface area (Å²) in [5, 5.41) is 0.328. The van der Waals surface area contributed by atoms with E-state index in [2.05, 4.69) is 4.90 Å². The van der Waals surface area contributed by atoms with E-state index < -0.39 is 60.4 Å². The zero-order valence-corrected chi connectivity index (χ0v) is 19.5. The molecule has 2 nitrogen and oxygen atoms in total. The number of nitrogens with zero attached hydrogens (tertiary/aromatic N) is 2. The van der Waals surface area contributed by atoms with Crippen molar-refractivity contribution in [1.82, 2.24) is 0 Å². The van der Waals surface area contributed by atoms with Gasteiger partial charge in [0, 0.05) is 39.9 Å². The van der Waals surface area contributed by atoms with Crippen LogP contribution in [0.4, 0.5) is 22.7 Å². The molecule has 0 saturated heterocycles. The summed E-state index contributed by atoms with van der Waals surface area (Å²) >= 11 is 6.78. The molecule has 2 aliphatic rings. The van der Waals surface area contributed by atoms with Gasteiger partial charge in [-0.05, 0) is 68.1 Å². The van der Waals surface area contributed by atoms with Crippen molar-refractivity contribution < 1.29 is 13.7 Å². The molecule has 2 saturated carbocycles. The maximum Gasteiger partial charge on any atom is 0.0645 e. The Hall–Kier alpha value is -2.45. The highest BCUT2D eigenvalue weighted by Gasteiger charge is 2.30. The summed E-state index contributed by atoms with van der Waals surface area (Å²) in [4.78, 5) is 3.63. The number of hydrogen-bond acceptors (Lipinski definition) is 2. The summed E-state index contributed by atoms with van der Waals surface area (Å²) in [5.41, 5.74) is 0.418. The first-order valence-corrected chi connectivity index (χ1v) is 12.3. The largest absolute Gasteiger partial charge is 0.365 e. The highest BCUT2D eigenvalue weighted by atomic mass is 35.5. The molecule has 2 fully saturated rings. The van der Waals surface area contributed by atoms with Gasteiger partial charge in [-0.25, -0.2) is 0 Å². The van der Waals surface area contributed by atoms with Crippen LogP contribution in [0, 0.1) is 0 Å². The second-order valence-electron chi connectivity index (χ2n) is 8.94. The summed E-state index contributed by atoms with van der Waals surface area (Å²) in [6.45, 7) is 0. The van der Waals surface area contributed by atoms with Crippen LogP contribution in [0.25, 0.3) is 0 Å². The third-order valence-electron chi connectivity index (χ3n) is 6.78. The van der Waals surface area contributed by atoms with E-state index in [1.54, 1.807) is 6.07 Å². The molecule has 0 atom stereocenters. The molecule has 0 spiro atoms.